The number of likely N-dealkylation sites (tertiary alicyclic amines) is 1. The van der Waals surface area contributed by atoms with Crippen molar-refractivity contribution in [1.29, 1.82) is 0 Å². The molecule has 0 aromatic carbocycles. The Morgan fingerprint density at radius 1 is 1.16 bits per heavy atom. The highest BCUT2D eigenvalue weighted by atomic mass is 32.2. The predicted molar refractivity (Wildman–Crippen MR) is 85.3 cm³/mol. The molecule has 2 rings (SSSR count). The molecule has 2 aliphatic rings. The number of hydrogen-bond donors (Lipinski definition) is 2. The lowest BCUT2D eigenvalue weighted by atomic mass is 10.1. The Kier molecular flexibility index (Phi) is 7.24. The van der Waals surface area contributed by atoms with Crippen LogP contribution in [0.25, 0.3) is 0 Å². The molecule has 0 saturated carbocycles. The zero-order valence-corrected chi connectivity index (χ0v) is 13.2. The van der Waals surface area contributed by atoms with Crippen LogP contribution in [-0.2, 0) is 0 Å². The van der Waals surface area contributed by atoms with E-state index in [2.05, 4.69) is 15.5 Å². The van der Waals surface area contributed by atoms with Gasteiger partial charge in [-0.2, -0.15) is 23.5 Å². The molecular formula is C13H25N3OS2. The molecule has 2 fully saturated rings. The zero-order valence-electron chi connectivity index (χ0n) is 11.5. The van der Waals surface area contributed by atoms with Crippen LogP contribution in [0.2, 0.25) is 0 Å². The van der Waals surface area contributed by atoms with Gasteiger partial charge in [-0.15, -0.1) is 0 Å². The highest BCUT2D eigenvalue weighted by Gasteiger charge is 2.15. The summed E-state index contributed by atoms with van der Waals surface area (Å²) in [6.45, 7) is 4.94. The maximum atomic E-state index is 11.7. The van der Waals surface area contributed by atoms with Crippen LogP contribution in [0.1, 0.15) is 19.3 Å². The third kappa shape index (κ3) is 6.27. The maximum Gasteiger partial charge on any atom is 0.314 e. The van der Waals surface area contributed by atoms with Crippen molar-refractivity contribution in [2.24, 2.45) is 0 Å². The van der Waals surface area contributed by atoms with Crippen molar-refractivity contribution >= 4 is 29.6 Å². The van der Waals surface area contributed by atoms with E-state index in [-0.39, 0.29) is 6.03 Å². The number of amides is 2. The lowest BCUT2D eigenvalue weighted by molar-refractivity contribution is 0.220. The van der Waals surface area contributed by atoms with E-state index in [1.807, 2.05) is 23.5 Å². The van der Waals surface area contributed by atoms with Crippen molar-refractivity contribution in [3.8, 4) is 0 Å². The molecule has 0 aromatic rings. The van der Waals surface area contributed by atoms with Gasteiger partial charge in [-0.25, -0.2) is 4.79 Å². The number of carbonyl (C=O) groups is 1. The maximum absolute atomic E-state index is 11.7. The predicted octanol–water partition coefficient (Wildman–Crippen LogP) is 1.62. The molecule has 2 saturated heterocycles. The van der Waals surface area contributed by atoms with E-state index >= 15 is 0 Å². The van der Waals surface area contributed by atoms with Gasteiger partial charge in [0.25, 0.3) is 0 Å². The van der Waals surface area contributed by atoms with Crippen molar-refractivity contribution < 1.29 is 4.79 Å². The largest absolute Gasteiger partial charge is 0.337 e. The third-order valence-corrected chi connectivity index (χ3v) is 6.38. The highest BCUT2D eigenvalue weighted by Crippen LogP contribution is 2.23. The molecule has 1 atom stereocenters. The third-order valence-electron chi connectivity index (χ3n) is 3.54. The number of nitrogens with one attached hydrogen (secondary N) is 2. The topological polar surface area (TPSA) is 44.4 Å². The van der Waals surface area contributed by atoms with Crippen LogP contribution in [0.3, 0.4) is 0 Å². The number of urea groups is 1. The SMILES string of the molecule is O=C(NCCN1CCCCC1)NC[C@H]1CSCCS1. The molecule has 4 nitrogen and oxygen atoms in total. The molecule has 0 aromatic heterocycles. The fourth-order valence-corrected chi connectivity index (χ4v) is 5.05. The Labute approximate surface area is 124 Å². The second-order valence-electron chi connectivity index (χ2n) is 5.11. The summed E-state index contributed by atoms with van der Waals surface area (Å²) in [5, 5.41) is 6.54. The molecule has 0 spiro atoms. The van der Waals surface area contributed by atoms with Gasteiger partial charge in [0.15, 0.2) is 0 Å². The minimum Gasteiger partial charge on any atom is -0.337 e. The highest BCUT2D eigenvalue weighted by molar-refractivity contribution is 8.06. The van der Waals surface area contributed by atoms with Crippen LogP contribution in [0.15, 0.2) is 0 Å². The fraction of sp³-hybridized carbons (Fsp3) is 0.923. The molecule has 0 aliphatic carbocycles. The molecule has 110 valence electrons. The Balaban J connectivity index is 1.49. The first kappa shape index (κ1) is 15.3. The minimum atomic E-state index is -0.00631. The van der Waals surface area contributed by atoms with Gasteiger partial charge in [0.1, 0.15) is 0 Å². The van der Waals surface area contributed by atoms with Crippen LogP contribution in [-0.4, -0.2) is 66.2 Å². The molecule has 2 aliphatic heterocycles. The van der Waals surface area contributed by atoms with E-state index in [0.29, 0.717) is 5.25 Å². The summed E-state index contributed by atoms with van der Waals surface area (Å²) < 4.78 is 0. The van der Waals surface area contributed by atoms with Crippen molar-refractivity contribution in [3.05, 3.63) is 0 Å². The fourth-order valence-electron chi connectivity index (χ4n) is 2.43. The number of thioether (sulfide) groups is 2. The first-order chi connectivity index (χ1) is 9.34. The summed E-state index contributed by atoms with van der Waals surface area (Å²) in [6.07, 6.45) is 3.98. The summed E-state index contributed by atoms with van der Waals surface area (Å²) in [4.78, 5) is 14.1. The molecular weight excluding hydrogens is 278 g/mol. The van der Waals surface area contributed by atoms with E-state index in [0.717, 1.165) is 19.6 Å². The van der Waals surface area contributed by atoms with Gasteiger partial charge < -0.3 is 15.5 Å². The lowest BCUT2D eigenvalue weighted by Crippen LogP contribution is -2.43. The van der Waals surface area contributed by atoms with Crippen molar-refractivity contribution in [3.63, 3.8) is 0 Å². The normalized spacial score (nSPS) is 24.9. The smallest absolute Gasteiger partial charge is 0.314 e. The molecule has 6 heteroatoms. The lowest BCUT2D eigenvalue weighted by Gasteiger charge is -2.26. The Bertz CT molecular complexity index is 267. The van der Waals surface area contributed by atoms with E-state index in [9.17, 15) is 4.79 Å². The minimum absolute atomic E-state index is 0.00631. The summed E-state index contributed by atoms with van der Waals surface area (Å²) >= 11 is 3.97. The average Bonchev–Trinajstić information content (AvgIpc) is 2.47. The van der Waals surface area contributed by atoms with Crippen LogP contribution in [0, 0.1) is 0 Å². The quantitative estimate of drug-likeness (QED) is 0.810. The summed E-state index contributed by atoms with van der Waals surface area (Å²) in [7, 11) is 0. The average molecular weight is 303 g/mol. The first-order valence-electron chi connectivity index (χ1n) is 7.28. The molecule has 2 amide bonds. The summed E-state index contributed by atoms with van der Waals surface area (Å²) in [5.74, 6) is 3.63. The number of carbonyl (C=O) groups excluding carboxylic acids is 1. The molecule has 0 bridgehead atoms. The molecule has 2 heterocycles. The second kappa shape index (κ2) is 8.97. The first-order valence-corrected chi connectivity index (χ1v) is 9.48. The van der Waals surface area contributed by atoms with Gasteiger partial charge in [0.05, 0.1) is 0 Å². The standard InChI is InChI=1S/C13H25N3OS2/c17-13(15-10-12-11-18-8-9-19-12)14-4-7-16-5-2-1-3-6-16/h12H,1-11H2,(H2,14,15,17)/t12-/m0/s1. The number of nitrogens with zero attached hydrogens (tertiary/aromatic N) is 1. The van der Waals surface area contributed by atoms with Crippen LogP contribution in [0.5, 0.6) is 0 Å². The Hall–Kier alpha value is -0.0700. The van der Waals surface area contributed by atoms with Gasteiger partial charge in [0, 0.05) is 42.1 Å². The molecule has 0 radical (unpaired) electrons. The van der Waals surface area contributed by atoms with Crippen LogP contribution < -0.4 is 10.6 Å². The van der Waals surface area contributed by atoms with Crippen molar-refractivity contribution in [2.45, 2.75) is 24.5 Å². The van der Waals surface area contributed by atoms with Gasteiger partial charge in [-0.3, -0.25) is 0 Å². The van der Waals surface area contributed by atoms with E-state index < -0.39 is 0 Å². The van der Waals surface area contributed by atoms with Gasteiger partial charge in [0.2, 0.25) is 0 Å². The number of rotatable bonds is 5. The Morgan fingerprint density at radius 3 is 2.74 bits per heavy atom. The number of piperidine rings is 1. The van der Waals surface area contributed by atoms with Crippen LogP contribution in [0.4, 0.5) is 4.79 Å². The van der Waals surface area contributed by atoms with Crippen molar-refractivity contribution in [1.82, 2.24) is 15.5 Å². The van der Waals surface area contributed by atoms with Crippen molar-refractivity contribution in [2.75, 3.05) is 50.0 Å². The van der Waals surface area contributed by atoms with E-state index in [4.69, 9.17) is 0 Å². The Morgan fingerprint density at radius 2 is 2.00 bits per heavy atom. The number of hydrogen-bond acceptors (Lipinski definition) is 4. The molecule has 2 N–H and O–H groups in total. The monoisotopic (exact) mass is 303 g/mol. The molecule has 0 unspecified atom stereocenters. The molecule has 19 heavy (non-hydrogen) atoms. The van der Waals surface area contributed by atoms with Gasteiger partial charge in [-0.1, -0.05) is 6.42 Å². The van der Waals surface area contributed by atoms with Gasteiger partial charge >= 0.3 is 6.03 Å². The summed E-state index contributed by atoms with van der Waals surface area (Å²) in [5.41, 5.74) is 0. The van der Waals surface area contributed by atoms with Gasteiger partial charge in [-0.05, 0) is 25.9 Å². The van der Waals surface area contributed by atoms with E-state index in [1.165, 1.54) is 49.6 Å². The summed E-state index contributed by atoms with van der Waals surface area (Å²) in [6, 6.07) is -0.00631. The zero-order chi connectivity index (χ0) is 13.3. The second-order valence-corrected chi connectivity index (χ2v) is 7.66. The van der Waals surface area contributed by atoms with Crippen LogP contribution >= 0.6 is 23.5 Å². The van der Waals surface area contributed by atoms with E-state index in [1.54, 1.807) is 0 Å².